The van der Waals surface area contributed by atoms with Crippen LogP contribution in [-0.2, 0) is 4.74 Å². The number of halogens is 1. The number of nitro benzene ring substituents is 1. The second kappa shape index (κ2) is 8.75. The van der Waals surface area contributed by atoms with Crippen molar-refractivity contribution in [3.8, 4) is 5.69 Å². The van der Waals surface area contributed by atoms with Crippen LogP contribution in [0, 0.1) is 17.0 Å². The third kappa shape index (κ3) is 4.31. The van der Waals surface area contributed by atoms with Crippen LogP contribution in [0.25, 0.3) is 5.69 Å². The number of nitrogens with zero attached hydrogens (tertiary/aromatic N) is 3. The average Bonchev–Trinajstić information content (AvgIpc) is 3.09. The number of esters is 1. The number of carbonyl (C=O) groups is 2. The molecule has 1 heterocycles. The van der Waals surface area contributed by atoms with E-state index in [0.29, 0.717) is 22.6 Å². The fraction of sp³-hybridized carbons (Fsp3) is 0.150. The Morgan fingerprint density at radius 2 is 2.00 bits per heavy atom. The highest BCUT2D eigenvalue weighted by molar-refractivity contribution is 6.34. The lowest BCUT2D eigenvalue weighted by Gasteiger charge is -2.10. The number of carbonyl (C=O) groups excluding carboxylic acids is 2. The smallest absolute Gasteiger partial charge is 0.341 e. The normalized spacial score (nSPS) is 10.5. The highest BCUT2D eigenvalue weighted by Crippen LogP contribution is 2.24. The molecule has 2 aromatic carbocycles. The van der Waals surface area contributed by atoms with Crippen LogP contribution < -0.4 is 5.32 Å². The lowest BCUT2D eigenvalue weighted by atomic mass is 10.2. The highest BCUT2D eigenvalue weighted by Gasteiger charge is 2.18. The number of hydrogen-bond acceptors (Lipinski definition) is 6. The van der Waals surface area contributed by atoms with Crippen molar-refractivity contribution in [3.05, 3.63) is 80.6 Å². The number of non-ortho nitro benzene ring substituents is 1. The fourth-order valence-corrected chi connectivity index (χ4v) is 3.06. The molecule has 0 fully saturated rings. The topological polar surface area (TPSA) is 116 Å². The summed E-state index contributed by atoms with van der Waals surface area (Å²) in [7, 11) is 0. The Hall–Kier alpha value is -3.72. The van der Waals surface area contributed by atoms with Gasteiger partial charge in [-0.2, -0.15) is 5.10 Å². The molecular formula is C20H17ClN4O5. The minimum atomic E-state index is -0.589. The molecule has 3 aromatic rings. The average molecular weight is 429 g/mol. The number of aromatic nitrogens is 2. The second-order valence-corrected chi connectivity index (χ2v) is 6.61. The molecule has 154 valence electrons. The van der Waals surface area contributed by atoms with Crippen molar-refractivity contribution in [2.24, 2.45) is 0 Å². The van der Waals surface area contributed by atoms with Crippen molar-refractivity contribution in [2.45, 2.75) is 13.8 Å². The van der Waals surface area contributed by atoms with Crippen LogP contribution >= 0.6 is 11.6 Å². The minimum Gasteiger partial charge on any atom is -0.462 e. The molecule has 0 radical (unpaired) electrons. The molecular weight excluding hydrogens is 412 g/mol. The molecule has 1 N–H and O–H groups in total. The van der Waals surface area contributed by atoms with Gasteiger partial charge in [0.15, 0.2) is 0 Å². The molecule has 9 nitrogen and oxygen atoms in total. The molecule has 0 aliphatic rings. The zero-order valence-electron chi connectivity index (χ0n) is 16.1. The SMILES string of the molecule is CCOC(=O)c1cnn(-c2cccc(NC(=O)c3ccc([N+](=O)[O-])cc3Cl)c2)c1C. The van der Waals surface area contributed by atoms with Gasteiger partial charge < -0.3 is 10.1 Å². The fourth-order valence-electron chi connectivity index (χ4n) is 2.79. The van der Waals surface area contributed by atoms with Crippen molar-refractivity contribution < 1.29 is 19.2 Å². The van der Waals surface area contributed by atoms with Gasteiger partial charge in [-0.25, -0.2) is 9.48 Å². The molecule has 0 atom stereocenters. The summed E-state index contributed by atoms with van der Waals surface area (Å²) in [4.78, 5) is 34.8. The number of amides is 1. The molecule has 10 heteroatoms. The monoisotopic (exact) mass is 428 g/mol. The summed E-state index contributed by atoms with van der Waals surface area (Å²) in [5.74, 6) is -0.977. The Kier molecular flexibility index (Phi) is 6.12. The van der Waals surface area contributed by atoms with Crippen LogP contribution in [0.2, 0.25) is 5.02 Å². The summed E-state index contributed by atoms with van der Waals surface area (Å²) in [6, 6.07) is 10.5. The summed E-state index contributed by atoms with van der Waals surface area (Å²) in [6.07, 6.45) is 1.43. The summed E-state index contributed by atoms with van der Waals surface area (Å²) in [6.45, 7) is 3.72. The first-order chi connectivity index (χ1) is 14.3. The van der Waals surface area contributed by atoms with Gasteiger partial charge in [0.25, 0.3) is 11.6 Å². The van der Waals surface area contributed by atoms with E-state index in [4.69, 9.17) is 16.3 Å². The largest absolute Gasteiger partial charge is 0.462 e. The van der Waals surface area contributed by atoms with Crippen LogP contribution in [0.5, 0.6) is 0 Å². The van der Waals surface area contributed by atoms with Crippen molar-refractivity contribution in [2.75, 3.05) is 11.9 Å². The van der Waals surface area contributed by atoms with E-state index in [2.05, 4.69) is 10.4 Å². The number of nitro groups is 1. The number of hydrogen-bond donors (Lipinski definition) is 1. The van der Waals surface area contributed by atoms with Crippen LogP contribution in [0.1, 0.15) is 33.3 Å². The Labute approximate surface area is 176 Å². The van der Waals surface area contributed by atoms with Gasteiger partial charge in [0.1, 0.15) is 5.56 Å². The van der Waals surface area contributed by atoms with Gasteiger partial charge in [0.05, 0.1) is 39.7 Å². The predicted octanol–water partition coefficient (Wildman–Crippen LogP) is 4.17. The molecule has 1 amide bonds. The first kappa shape index (κ1) is 21.0. The van der Waals surface area contributed by atoms with Crippen molar-refractivity contribution >= 4 is 34.9 Å². The van der Waals surface area contributed by atoms with Gasteiger partial charge in [-0.15, -0.1) is 0 Å². The third-order valence-corrected chi connectivity index (χ3v) is 4.57. The first-order valence-corrected chi connectivity index (χ1v) is 9.27. The molecule has 0 aliphatic heterocycles. The maximum atomic E-state index is 12.5. The summed E-state index contributed by atoms with van der Waals surface area (Å²) < 4.78 is 6.57. The van der Waals surface area contributed by atoms with Crippen molar-refractivity contribution in [1.82, 2.24) is 9.78 Å². The zero-order valence-corrected chi connectivity index (χ0v) is 16.8. The first-order valence-electron chi connectivity index (χ1n) is 8.89. The van der Waals surface area contributed by atoms with Crippen LogP contribution in [0.3, 0.4) is 0 Å². The number of benzene rings is 2. The summed E-state index contributed by atoms with van der Waals surface area (Å²) >= 11 is 6.02. The van der Waals surface area contributed by atoms with Crippen LogP contribution in [-0.4, -0.2) is 33.2 Å². The lowest BCUT2D eigenvalue weighted by molar-refractivity contribution is -0.384. The van der Waals surface area contributed by atoms with E-state index < -0.39 is 16.8 Å². The molecule has 1 aromatic heterocycles. The van der Waals surface area contributed by atoms with Crippen molar-refractivity contribution in [1.29, 1.82) is 0 Å². The van der Waals surface area contributed by atoms with Crippen LogP contribution in [0.15, 0.2) is 48.7 Å². The molecule has 0 bridgehead atoms. The summed E-state index contributed by atoms with van der Waals surface area (Å²) in [5.41, 5.74) is 1.92. The minimum absolute atomic E-state index is 0.0279. The zero-order chi connectivity index (χ0) is 21.8. The van der Waals surface area contributed by atoms with E-state index in [9.17, 15) is 19.7 Å². The van der Waals surface area contributed by atoms with Crippen molar-refractivity contribution in [3.63, 3.8) is 0 Å². The second-order valence-electron chi connectivity index (χ2n) is 6.20. The number of nitrogens with one attached hydrogen (secondary N) is 1. The molecule has 0 spiro atoms. The van der Waals surface area contributed by atoms with E-state index >= 15 is 0 Å². The van der Waals surface area contributed by atoms with Gasteiger partial charge in [-0.1, -0.05) is 17.7 Å². The Morgan fingerprint density at radius 1 is 1.23 bits per heavy atom. The molecule has 30 heavy (non-hydrogen) atoms. The van der Waals surface area contributed by atoms with Crippen LogP contribution in [0.4, 0.5) is 11.4 Å². The van der Waals surface area contributed by atoms with E-state index in [0.717, 1.165) is 6.07 Å². The Morgan fingerprint density at radius 3 is 2.67 bits per heavy atom. The Bertz CT molecular complexity index is 1140. The third-order valence-electron chi connectivity index (χ3n) is 4.26. The highest BCUT2D eigenvalue weighted by atomic mass is 35.5. The maximum Gasteiger partial charge on any atom is 0.341 e. The van der Waals surface area contributed by atoms with Gasteiger partial charge in [0.2, 0.25) is 0 Å². The van der Waals surface area contributed by atoms with E-state index in [-0.39, 0.29) is 22.9 Å². The van der Waals surface area contributed by atoms with Gasteiger partial charge in [-0.3, -0.25) is 14.9 Å². The van der Waals surface area contributed by atoms with E-state index in [1.165, 1.54) is 18.3 Å². The molecule has 3 rings (SSSR count). The van der Waals surface area contributed by atoms with Gasteiger partial charge >= 0.3 is 5.97 Å². The summed E-state index contributed by atoms with van der Waals surface area (Å²) in [5, 5.41) is 17.7. The van der Waals surface area contributed by atoms with E-state index in [1.54, 1.807) is 42.8 Å². The lowest BCUT2D eigenvalue weighted by Crippen LogP contribution is -2.13. The number of rotatable bonds is 6. The standard InChI is InChI=1S/C20H17ClN4O5/c1-3-30-20(27)17-11-22-24(12(17)2)14-6-4-5-13(9-14)23-19(26)16-8-7-15(25(28)29)10-18(16)21/h4-11H,3H2,1-2H3,(H,23,26). The van der Waals surface area contributed by atoms with Gasteiger partial charge in [-0.05, 0) is 38.1 Å². The van der Waals surface area contributed by atoms with E-state index in [1.807, 2.05) is 0 Å². The Balaban J connectivity index is 1.84. The quantitative estimate of drug-likeness (QED) is 0.357. The number of ether oxygens (including phenoxy) is 1. The van der Waals surface area contributed by atoms with Gasteiger partial charge in [0, 0.05) is 17.8 Å². The molecule has 0 unspecified atom stereocenters. The number of anilines is 1. The molecule has 0 saturated heterocycles. The maximum absolute atomic E-state index is 12.5. The molecule has 0 saturated carbocycles. The predicted molar refractivity (Wildman–Crippen MR) is 110 cm³/mol. The molecule has 0 aliphatic carbocycles.